The van der Waals surface area contributed by atoms with Crippen molar-refractivity contribution in [3.8, 4) is 0 Å². The summed E-state index contributed by atoms with van der Waals surface area (Å²) in [6, 6.07) is 0. The van der Waals surface area contributed by atoms with Crippen molar-refractivity contribution in [3.05, 3.63) is 68.5 Å². The quantitative estimate of drug-likeness (QED) is 0.526. The Morgan fingerprint density at radius 3 is 2.21 bits per heavy atom. The monoisotopic (exact) mass is 255 g/mol. The minimum atomic E-state index is -0.291. The Morgan fingerprint density at radius 1 is 1.05 bits per heavy atom. The molecule has 0 radical (unpaired) electrons. The maximum atomic E-state index is 11.4. The van der Waals surface area contributed by atoms with E-state index < -0.39 is 0 Å². The molecule has 0 N–H and O–H groups in total. The van der Waals surface area contributed by atoms with Gasteiger partial charge in [-0.2, -0.15) is 0 Å². The molecule has 0 atom stereocenters. The average Bonchev–Trinajstić information content (AvgIpc) is 2.70. The van der Waals surface area contributed by atoms with Crippen LogP contribution in [-0.4, -0.2) is 4.92 Å². The minimum absolute atomic E-state index is 0.150. The molecule has 0 bridgehead atoms. The molecule has 0 amide bonds. The summed E-state index contributed by atoms with van der Waals surface area (Å²) < 4.78 is 0. The van der Waals surface area contributed by atoms with Crippen molar-refractivity contribution < 1.29 is 4.92 Å². The summed E-state index contributed by atoms with van der Waals surface area (Å²) in [6.07, 6.45) is 10.1. The van der Waals surface area contributed by atoms with E-state index in [2.05, 4.69) is 38.2 Å². The van der Waals surface area contributed by atoms with Crippen molar-refractivity contribution in [2.24, 2.45) is 10.8 Å². The maximum absolute atomic E-state index is 11.4. The Labute approximate surface area is 112 Å². The number of allylic oxidation sites excluding steroid dienone is 9. The average molecular weight is 255 g/mol. The first-order valence-electron chi connectivity index (χ1n) is 6.49. The van der Waals surface area contributed by atoms with Crippen LogP contribution in [0, 0.1) is 20.9 Å². The number of hydrogen-bond donors (Lipinski definition) is 0. The molecule has 0 aliphatic heterocycles. The van der Waals surface area contributed by atoms with Gasteiger partial charge in [-0.15, -0.1) is 0 Å². The molecule has 98 valence electrons. The van der Waals surface area contributed by atoms with Crippen molar-refractivity contribution in [2.45, 2.75) is 27.7 Å². The minimum Gasteiger partial charge on any atom is -0.258 e. The van der Waals surface area contributed by atoms with Crippen molar-refractivity contribution in [3.63, 3.8) is 0 Å². The smallest absolute Gasteiger partial charge is 0.258 e. The van der Waals surface area contributed by atoms with Crippen LogP contribution in [0.3, 0.4) is 0 Å². The maximum Gasteiger partial charge on any atom is 0.274 e. The molecule has 3 heteroatoms. The normalized spacial score (nSPS) is 25.6. The fourth-order valence-electron chi connectivity index (χ4n) is 3.14. The highest BCUT2D eigenvalue weighted by molar-refractivity contribution is 5.71. The van der Waals surface area contributed by atoms with Crippen LogP contribution in [0.2, 0.25) is 0 Å². The molecule has 0 heterocycles. The molecule has 3 aliphatic rings. The number of hydrogen-bond acceptors (Lipinski definition) is 2. The van der Waals surface area contributed by atoms with Crippen LogP contribution < -0.4 is 0 Å². The number of rotatable bonds is 1. The van der Waals surface area contributed by atoms with Crippen molar-refractivity contribution in [2.75, 3.05) is 0 Å². The Balaban J connectivity index is 2.33. The Hall–Kier alpha value is -1.90. The van der Waals surface area contributed by atoms with Crippen molar-refractivity contribution >= 4 is 0 Å². The van der Waals surface area contributed by atoms with Gasteiger partial charge in [0.25, 0.3) is 5.70 Å². The van der Waals surface area contributed by atoms with E-state index in [1.165, 1.54) is 0 Å². The Bertz CT molecular complexity index is 648. The number of nitro groups is 1. The summed E-state index contributed by atoms with van der Waals surface area (Å²) in [5, 5.41) is 11.4. The second-order valence-electron chi connectivity index (χ2n) is 6.52. The molecule has 0 saturated heterocycles. The summed E-state index contributed by atoms with van der Waals surface area (Å²) in [6.45, 7) is 8.28. The van der Waals surface area contributed by atoms with Gasteiger partial charge in [0.15, 0.2) is 0 Å². The standard InChI is InChI=1S/C16H17NO2/c1-15(2)7-5-10-6-8-16(3,4)14-12(17(18)19)9-11(15)13(10)14/h5-9H,1-4H3. The summed E-state index contributed by atoms with van der Waals surface area (Å²) in [5.74, 6) is 0. The summed E-state index contributed by atoms with van der Waals surface area (Å²) in [5.41, 5.74) is 3.92. The molecular formula is C16H17NO2. The first kappa shape index (κ1) is 12.2. The lowest BCUT2D eigenvalue weighted by molar-refractivity contribution is -0.420. The Morgan fingerprint density at radius 2 is 1.63 bits per heavy atom. The Kier molecular flexibility index (Phi) is 2.14. The largest absolute Gasteiger partial charge is 0.274 e. The van der Waals surface area contributed by atoms with Gasteiger partial charge < -0.3 is 0 Å². The fourth-order valence-corrected chi connectivity index (χ4v) is 3.14. The molecule has 0 aromatic carbocycles. The third kappa shape index (κ3) is 1.51. The van der Waals surface area contributed by atoms with E-state index in [1.54, 1.807) is 6.08 Å². The zero-order valence-corrected chi connectivity index (χ0v) is 11.7. The van der Waals surface area contributed by atoms with Crippen LogP contribution in [0.5, 0.6) is 0 Å². The van der Waals surface area contributed by atoms with Gasteiger partial charge in [0, 0.05) is 22.5 Å². The lowest BCUT2D eigenvalue weighted by atomic mass is 9.67. The second kappa shape index (κ2) is 3.35. The van der Waals surface area contributed by atoms with Crippen molar-refractivity contribution in [1.82, 2.24) is 0 Å². The summed E-state index contributed by atoms with van der Waals surface area (Å²) in [4.78, 5) is 11.1. The summed E-state index contributed by atoms with van der Waals surface area (Å²) in [7, 11) is 0. The van der Waals surface area contributed by atoms with Crippen LogP contribution in [0.4, 0.5) is 0 Å². The van der Waals surface area contributed by atoms with Crippen LogP contribution in [0.25, 0.3) is 0 Å². The van der Waals surface area contributed by atoms with E-state index in [0.717, 1.165) is 22.3 Å². The lowest BCUT2D eigenvalue weighted by Gasteiger charge is -2.35. The van der Waals surface area contributed by atoms with Gasteiger partial charge in [0.2, 0.25) is 0 Å². The first-order valence-corrected chi connectivity index (χ1v) is 6.49. The van der Waals surface area contributed by atoms with Gasteiger partial charge >= 0.3 is 0 Å². The molecule has 0 saturated carbocycles. The molecule has 19 heavy (non-hydrogen) atoms. The molecule has 0 unspecified atom stereocenters. The van der Waals surface area contributed by atoms with Crippen molar-refractivity contribution in [1.29, 1.82) is 0 Å². The van der Waals surface area contributed by atoms with E-state index in [-0.39, 0.29) is 21.5 Å². The van der Waals surface area contributed by atoms with Gasteiger partial charge in [-0.1, -0.05) is 52.0 Å². The molecule has 0 aromatic heterocycles. The highest BCUT2D eigenvalue weighted by Gasteiger charge is 2.45. The molecule has 0 spiro atoms. The second-order valence-corrected chi connectivity index (χ2v) is 6.52. The topological polar surface area (TPSA) is 43.1 Å². The van der Waals surface area contributed by atoms with Gasteiger partial charge in [-0.05, 0) is 16.7 Å². The molecule has 0 aromatic rings. The SMILES string of the molecule is CC1(C)C=CC2=C3C1=CC([N+](=O)[O-])=C3C(C)(C)C=C2. The number of nitrogens with zero attached hydrogens (tertiary/aromatic N) is 1. The molecular weight excluding hydrogens is 238 g/mol. The zero-order valence-electron chi connectivity index (χ0n) is 11.7. The van der Waals surface area contributed by atoms with Crippen LogP contribution in [-0.2, 0) is 0 Å². The highest BCUT2D eigenvalue weighted by atomic mass is 16.6. The highest BCUT2D eigenvalue weighted by Crippen LogP contribution is 2.54. The van der Waals surface area contributed by atoms with E-state index in [4.69, 9.17) is 0 Å². The van der Waals surface area contributed by atoms with Crippen LogP contribution >= 0.6 is 0 Å². The van der Waals surface area contributed by atoms with Gasteiger partial charge in [0.1, 0.15) is 0 Å². The fraction of sp³-hybridized carbons (Fsp3) is 0.375. The molecule has 3 rings (SSSR count). The van der Waals surface area contributed by atoms with E-state index >= 15 is 0 Å². The van der Waals surface area contributed by atoms with Gasteiger partial charge in [-0.3, -0.25) is 10.1 Å². The van der Waals surface area contributed by atoms with Gasteiger partial charge in [-0.25, -0.2) is 0 Å². The van der Waals surface area contributed by atoms with Crippen LogP contribution in [0.1, 0.15) is 27.7 Å². The predicted octanol–water partition coefficient (Wildman–Crippen LogP) is 3.95. The van der Waals surface area contributed by atoms with E-state index in [0.29, 0.717) is 0 Å². The molecule has 0 fully saturated rings. The zero-order chi connectivity index (χ0) is 14.0. The lowest BCUT2D eigenvalue weighted by Crippen LogP contribution is -2.24. The summed E-state index contributed by atoms with van der Waals surface area (Å²) >= 11 is 0. The molecule has 3 nitrogen and oxygen atoms in total. The van der Waals surface area contributed by atoms with Gasteiger partial charge in [0.05, 0.1) is 4.92 Å². The van der Waals surface area contributed by atoms with E-state index in [9.17, 15) is 10.1 Å². The molecule has 3 aliphatic carbocycles. The third-order valence-corrected chi connectivity index (χ3v) is 4.24. The first-order chi connectivity index (χ1) is 8.74. The van der Waals surface area contributed by atoms with E-state index in [1.807, 2.05) is 13.8 Å². The van der Waals surface area contributed by atoms with Crippen LogP contribution in [0.15, 0.2) is 58.4 Å². The predicted molar refractivity (Wildman–Crippen MR) is 75.0 cm³/mol. The third-order valence-electron chi connectivity index (χ3n) is 4.24.